The van der Waals surface area contributed by atoms with E-state index in [4.69, 9.17) is 4.74 Å². The monoisotopic (exact) mass is 428 g/mol. The van der Waals surface area contributed by atoms with Crippen LogP contribution in [0.1, 0.15) is 44.4 Å². The highest BCUT2D eigenvalue weighted by atomic mass is 16.6. The number of aryl methyl sites for hydroxylation is 1. The summed E-state index contributed by atoms with van der Waals surface area (Å²) in [6, 6.07) is 8.13. The minimum Gasteiger partial charge on any atom is -0.444 e. The number of ether oxygens (including phenoxy) is 1. The quantitative estimate of drug-likeness (QED) is 0.499. The number of hydrogen-bond acceptors (Lipinski definition) is 4. The molecule has 0 fully saturated rings. The molecule has 2 rings (SSSR count). The van der Waals surface area contributed by atoms with E-state index < -0.39 is 5.60 Å². The molecular formula is C23H36N6O2. The smallest absolute Gasteiger partial charge is 0.410 e. The Morgan fingerprint density at radius 1 is 1.16 bits per heavy atom. The molecule has 0 aliphatic rings. The Balaban J connectivity index is 1.86. The number of rotatable bonds is 8. The van der Waals surface area contributed by atoms with Gasteiger partial charge in [-0.05, 0) is 50.8 Å². The molecule has 0 radical (unpaired) electrons. The van der Waals surface area contributed by atoms with Gasteiger partial charge in [-0.25, -0.2) is 9.79 Å². The number of amides is 1. The largest absolute Gasteiger partial charge is 0.444 e. The lowest BCUT2D eigenvalue weighted by Gasteiger charge is -2.24. The zero-order valence-electron chi connectivity index (χ0n) is 19.6. The second-order valence-electron chi connectivity index (χ2n) is 8.55. The fourth-order valence-corrected chi connectivity index (χ4v) is 2.87. The van der Waals surface area contributed by atoms with Gasteiger partial charge in [0.25, 0.3) is 0 Å². The fourth-order valence-electron chi connectivity index (χ4n) is 2.87. The van der Waals surface area contributed by atoms with Crippen molar-refractivity contribution in [3.8, 4) is 0 Å². The fraction of sp³-hybridized carbons (Fsp3) is 0.522. The van der Waals surface area contributed by atoms with Crippen LogP contribution in [-0.4, -0.2) is 52.5 Å². The van der Waals surface area contributed by atoms with Gasteiger partial charge < -0.3 is 20.3 Å². The van der Waals surface area contributed by atoms with Crippen molar-refractivity contribution in [3.05, 3.63) is 53.3 Å². The number of benzene rings is 1. The number of aromatic nitrogens is 2. The van der Waals surface area contributed by atoms with Crippen LogP contribution in [0.2, 0.25) is 0 Å². The highest BCUT2D eigenvalue weighted by molar-refractivity contribution is 5.79. The molecule has 2 N–H and O–H groups in total. The lowest BCUT2D eigenvalue weighted by atomic mass is 10.1. The third-order valence-corrected chi connectivity index (χ3v) is 4.38. The summed E-state index contributed by atoms with van der Waals surface area (Å²) in [6.07, 6.45) is 4.47. The topological polar surface area (TPSA) is 83.8 Å². The Labute approximate surface area is 185 Å². The normalized spacial score (nSPS) is 11.9. The van der Waals surface area contributed by atoms with E-state index in [1.54, 1.807) is 11.9 Å². The minimum absolute atomic E-state index is 0.325. The summed E-state index contributed by atoms with van der Waals surface area (Å²) >= 11 is 0. The summed E-state index contributed by atoms with van der Waals surface area (Å²) in [6.45, 7) is 10.3. The number of hydrogen-bond donors (Lipinski definition) is 2. The first kappa shape index (κ1) is 24.2. The molecule has 31 heavy (non-hydrogen) atoms. The molecule has 0 saturated carbocycles. The molecule has 0 aliphatic carbocycles. The predicted molar refractivity (Wildman–Crippen MR) is 124 cm³/mol. The number of guanidine groups is 1. The Morgan fingerprint density at radius 3 is 2.42 bits per heavy atom. The van der Waals surface area contributed by atoms with Crippen molar-refractivity contribution in [1.82, 2.24) is 25.3 Å². The Morgan fingerprint density at radius 2 is 1.84 bits per heavy atom. The van der Waals surface area contributed by atoms with Gasteiger partial charge in [0.1, 0.15) is 5.60 Å². The second kappa shape index (κ2) is 11.4. The van der Waals surface area contributed by atoms with E-state index in [0.717, 1.165) is 36.6 Å². The molecule has 1 amide bonds. The zero-order chi connectivity index (χ0) is 22.9. The molecule has 1 aromatic carbocycles. The van der Waals surface area contributed by atoms with Crippen LogP contribution >= 0.6 is 0 Å². The summed E-state index contributed by atoms with van der Waals surface area (Å²) in [4.78, 5) is 18.4. The Hall–Kier alpha value is -3.03. The maximum atomic E-state index is 12.1. The second-order valence-corrected chi connectivity index (χ2v) is 8.55. The van der Waals surface area contributed by atoms with Crippen LogP contribution in [-0.2, 0) is 31.3 Å². The number of carbonyl (C=O) groups is 1. The van der Waals surface area contributed by atoms with E-state index in [9.17, 15) is 4.79 Å². The van der Waals surface area contributed by atoms with Gasteiger partial charge in [0.2, 0.25) is 0 Å². The molecule has 8 nitrogen and oxygen atoms in total. The van der Waals surface area contributed by atoms with Crippen molar-refractivity contribution in [2.75, 3.05) is 20.1 Å². The summed E-state index contributed by atoms with van der Waals surface area (Å²) in [5.74, 6) is 0.792. The van der Waals surface area contributed by atoms with Gasteiger partial charge in [-0.3, -0.25) is 4.68 Å². The molecule has 0 atom stereocenters. The lowest BCUT2D eigenvalue weighted by molar-refractivity contribution is 0.0285. The standard InChI is InChI=1S/C23H36N6O2/c1-7-24-21(25-13-12-20-15-27-29(6)17-20)26-14-18-8-10-19(11-9-18)16-28(5)22(30)31-23(2,3)4/h8-11,15,17H,7,12-14,16H2,1-6H3,(H2,24,25,26). The van der Waals surface area contributed by atoms with Gasteiger partial charge in [-0.1, -0.05) is 24.3 Å². The van der Waals surface area contributed by atoms with Crippen LogP contribution in [0.4, 0.5) is 4.79 Å². The molecular weight excluding hydrogens is 392 g/mol. The SMILES string of the molecule is CCNC(=NCc1ccc(CN(C)C(=O)OC(C)(C)C)cc1)NCCc1cnn(C)c1. The van der Waals surface area contributed by atoms with Crippen LogP contribution in [0, 0.1) is 0 Å². The average molecular weight is 429 g/mol. The maximum absolute atomic E-state index is 12.1. The van der Waals surface area contributed by atoms with Gasteiger partial charge in [0, 0.05) is 39.9 Å². The number of aliphatic imine (C=N–C) groups is 1. The molecule has 0 bridgehead atoms. The zero-order valence-corrected chi connectivity index (χ0v) is 19.6. The molecule has 170 valence electrons. The van der Waals surface area contributed by atoms with E-state index >= 15 is 0 Å². The molecule has 0 unspecified atom stereocenters. The van der Waals surface area contributed by atoms with E-state index in [-0.39, 0.29) is 6.09 Å². The van der Waals surface area contributed by atoms with Gasteiger partial charge in [-0.2, -0.15) is 5.10 Å². The van der Waals surface area contributed by atoms with E-state index in [1.165, 1.54) is 5.56 Å². The number of nitrogens with one attached hydrogen (secondary N) is 2. The highest BCUT2D eigenvalue weighted by Crippen LogP contribution is 2.12. The first-order valence-electron chi connectivity index (χ1n) is 10.7. The van der Waals surface area contributed by atoms with Crippen LogP contribution in [0.3, 0.4) is 0 Å². The van der Waals surface area contributed by atoms with Gasteiger partial charge in [-0.15, -0.1) is 0 Å². The first-order chi connectivity index (χ1) is 14.7. The van der Waals surface area contributed by atoms with Crippen molar-refractivity contribution in [1.29, 1.82) is 0 Å². The Bertz CT molecular complexity index is 852. The van der Waals surface area contributed by atoms with Crippen molar-refractivity contribution < 1.29 is 9.53 Å². The van der Waals surface area contributed by atoms with Crippen LogP contribution in [0.15, 0.2) is 41.7 Å². The van der Waals surface area contributed by atoms with Gasteiger partial charge >= 0.3 is 6.09 Å². The number of nitrogens with zero attached hydrogens (tertiary/aromatic N) is 4. The van der Waals surface area contributed by atoms with Gasteiger partial charge in [0.05, 0.1) is 12.7 Å². The van der Waals surface area contributed by atoms with Crippen LogP contribution in [0.5, 0.6) is 0 Å². The van der Waals surface area contributed by atoms with E-state index in [2.05, 4.69) is 20.7 Å². The molecule has 0 saturated heterocycles. The summed E-state index contributed by atoms with van der Waals surface area (Å²) in [5, 5.41) is 10.8. The molecule has 1 aromatic heterocycles. The average Bonchev–Trinajstić information content (AvgIpc) is 3.11. The minimum atomic E-state index is -0.497. The lowest BCUT2D eigenvalue weighted by Crippen LogP contribution is -2.38. The summed E-state index contributed by atoms with van der Waals surface area (Å²) in [7, 11) is 3.66. The third-order valence-electron chi connectivity index (χ3n) is 4.38. The molecule has 0 spiro atoms. The van der Waals surface area contributed by atoms with Crippen molar-refractivity contribution in [2.45, 2.75) is 52.8 Å². The Kier molecular flexibility index (Phi) is 8.90. The van der Waals surface area contributed by atoms with E-state index in [1.807, 2.05) is 76.1 Å². The highest BCUT2D eigenvalue weighted by Gasteiger charge is 2.19. The summed E-state index contributed by atoms with van der Waals surface area (Å²) in [5.41, 5.74) is 2.84. The maximum Gasteiger partial charge on any atom is 0.410 e. The van der Waals surface area contributed by atoms with E-state index in [0.29, 0.717) is 13.1 Å². The van der Waals surface area contributed by atoms with Crippen LogP contribution < -0.4 is 10.6 Å². The summed E-state index contributed by atoms with van der Waals surface area (Å²) < 4.78 is 7.20. The van der Waals surface area contributed by atoms with Crippen LogP contribution in [0.25, 0.3) is 0 Å². The molecule has 2 aromatic rings. The molecule has 1 heterocycles. The first-order valence-corrected chi connectivity index (χ1v) is 10.7. The van der Waals surface area contributed by atoms with Crippen molar-refractivity contribution in [2.24, 2.45) is 12.0 Å². The van der Waals surface area contributed by atoms with Crippen molar-refractivity contribution in [3.63, 3.8) is 0 Å². The molecule has 0 aliphatic heterocycles. The van der Waals surface area contributed by atoms with Gasteiger partial charge in [0.15, 0.2) is 5.96 Å². The third kappa shape index (κ3) is 9.11. The molecule has 8 heteroatoms. The van der Waals surface area contributed by atoms with Crippen molar-refractivity contribution >= 4 is 12.1 Å². The predicted octanol–water partition coefficient (Wildman–Crippen LogP) is 3.08. The number of carbonyl (C=O) groups excluding carboxylic acids is 1.